The van der Waals surface area contributed by atoms with E-state index in [0.29, 0.717) is 30.3 Å². The first-order valence-electron chi connectivity index (χ1n) is 11.5. The van der Waals surface area contributed by atoms with Gasteiger partial charge in [0.05, 0.1) is 0 Å². The quantitative estimate of drug-likeness (QED) is 0.167. The Morgan fingerprint density at radius 1 is 0.750 bits per heavy atom. The minimum Gasteiger partial charge on any atom is -0.507 e. The fraction of sp³-hybridized carbons (Fsp3) is 0.103. The average Bonchev–Trinajstić information content (AvgIpc) is 2.90. The van der Waals surface area contributed by atoms with E-state index >= 15 is 0 Å². The molecule has 0 unspecified atom stereocenters. The van der Waals surface area contributed by atoms with E-state index in [2.05, 4.69) is 31.9 Å². The number of aryl methyl sites for hydroxylation is 1. The van der Waals surface area contributed by atoms with Crippen LogP contribution in [0.3, 0.4) is 0 Å². The second-order valence-electron chi connectivity index (χ2n) is 8.27. The first-order chi connectivity index (χ1) is 19.0. The largest absolute Gasteiger partial charge is 0.507 e. The Bertz CT molecular complexity index is 1540. The van der Waals surface area contributed by atoms with Gasteiger partial charge in [0, 0.05) is 30.1 Å². The first-order valence-corrected chi connectivity index (χ1v) is 13.8. The van der Waals surface area contributed by atoms with Crippen molar-refractivity contribution in [3.05, 3.63) is 120 Å². The maximum Gasteiger partial charge on any atom is 0.339 e. The molecule has 0 spiro atoms. The van der Waals surface area contributed by atoms with Crippen molar-refractivity contribution in [1.29, 1.82) is 0 Å². The maximum absolute atomic E-state index is 11.7. The highest BCUT2D eigenvalue weighted by Crippen LogP contribution is 2.37. The van der Waals surface area contributed by atoms with Crippen molar-refractivity contribution < 1.29 is 34.4 Å². The summed E-state index contributed by atoms with van der Waals surface area (Å²) in [5, 5.41) is 28.6. The van der Waals surface area contributed by atoms with Crippen molar-refractivity contribution in [3.8, 4) is 17.2 Å². The third-order valence-corrected chi connectivity index (χ3v) is 7.07. The molecule has 0 atom stereocenters. The zero-order valence-corrected chi connectivity index (χ0v) is 25.5. The van der Waals surface area contributed by atoms with E-state index in [9.17, 15) is 19.8 Å². The lowest BCUT2D eigenvalue weighted by Crippen LogP contribution is -2.07. The van der Waals surface area contributed by atoms with Crippen LogP contribution in [-0.2, 0) is 13.2 Å². The van der Waals surface area contributed by atoms with E-state index in [4.69, 9.17) is 37.8 Å². The van der Waals surface area contributed by atoms with E-state index in [0.717, 1.165) is 11.1 Å². The summed E-state index contributed by atoms with van der Waals surface area (Å²) in [7, 11) is 0. The number of aromatic hydroxyl groups is 1. The van der Waals surface area contributed by atoms with Gasteiger partial charge in [0.15, 0.2) is 11.5 Å². The van der Waals surface area contributed by atoms with Gasteiger partial charge in [-0.2, -0.15) is 0 Å². The average molecular weight is 713 g/mol. The van der Waals surface area contributed by atoms with Crippen LogP contribution >= 0.6 is 55.1 Å². The summed E-state index contributed by atoms with van der Waals surface area (Å²) in [6, 6.07) is 20.6. The summed E-state index contributed by atoms with van der Waals surface area (Å²) < 4.78 is 12.9. The molecule has 0 saturated carbocycles. The Morgan fingerprint density at radius 2 is 1.23 bits per heavy atom. The molecule has 4 aromatic rings. The van der Waals surface area contributed by atoms with Crippen molar-refractivity contribution in [2.45, 2.75) is 20.1 Å². The molecule has 40 heavy (non-hydrogen) atoms. The molecule has 0 bridgehead atoms. The monoisotopic (exact) mass is 710 g/mol. The van der Waals surface area contributed by atoms with Crippen LogP contribution in [0.1, 0.15) is 37.4 Å². The number of carboxylic acid groups (broad SMARTS) is 2. The second kappa shape index (κ2) is 14.4. The highest BCUT2D eigenvalue weighted by Gasteiger charge is 2.20. The fourth-order valence-corrected chi connectivity index (χ4v) is 4.81. The third kappa shape index (κ3) is 8.38. The van der Waals surface area contributed by atoms with Gasteiger partial charge in [-0.05, 0) is 48.9 Å². The summed E-state index contributed by atoms with van der Waals surface area (Å²) >= 11 is 18.8. The SMILES string of the molecule is Cc1cc(Br)cc(C(=O)O)c1O.O=C(O)c1cc(Br)cc(OCc2ccccc2Cl)c1OCc1ccccc1Cl. The third-order valence-electron chi connectivity index (χ3n) is 5.42. The molecule has 0 aliphatic carbocycles. The Hall–Kier alpha value is -3.24. The molecule has 0 aliphatic rings. The second-order valence-corrected chi connectivity index (χ2v) is 10.9. The zero-order valence-electron chi connectivity index (χ0n) is 20.8. The van der Waals surface area contributed by atoms with Crippen molar-refractivity contribution in [3.63, 3.8) is 0 Å². The number of rotatable bonds is 8. The van der Waals surface area contributed by atoms with Crippen LogP contribution in [0.2, 0.25) is 10.0 Å². The number of carbonyl (C=O) groups is 2. The van der Waals surface area contributed by atoms with Gasteiger partial charge in [-0.25, -0.2) is 9.59 Å². The topological polar surface area (TPSA) is 113 Å². The van der Waals surface area contributed by atoms with Gasteiger partial charge in [0.1, 0.15) is 30.1 Å². The first kappa shape index (κ1) is 31.3. The Morgan fingerprint density at radius 3 is 1.75 bits per heavy atom. The molecule has 0 aliphatic heterocycles. The Labute approximate surface area is 257 Å². The van der Waals surface area contributed by atoms with Crippen molar-refractivity contribution >= 4 is 67.0 Å². The van der Waals surface area contributed by atoms with Crippen LogP contribution in [0, 0.1) is 6.92 Å². The van der Waals surface area contributed by atoms with Crippen LogP contribution in [0.25, 0.3) is 0 Å². The molecule has 0 heterocycles. The normalized spacial score (nSPS) is 10.3. The number of halogens is 4. The van der Waals surface area contributed by atoms with E-state index in [-0.39, 0.29) is 35.8 Å². The molecule has 7 nitrogen and oxygen atoms in total. The lowest BCUT2D eigenvalue weighted by molar-refractivity contribution is 0.0680. The van der Waals surface area contributed by atoms with Crippen molar-refractivity contribution in [2.75, 3.05) is 0 Å². The zero-order chi connectivity index (χ0) is 29.4. The molecule has 208 valence electrons. The maximum atomic E-state index is 11.7. The summed E-state index contributed by atoms with van der Waals surface area (Å²) in [6.45, 7) is 1.91. The molecule has 4 rings (SSSR count). The molecular formula is C29H22Br2Cl2O7. The van der Waals surface area contributed by atoms with E-state index in [1.54, 1.807) is 31.2 Å². The van der Waals surface area contributed by atoms with Crippen molar-refractivity contribution in [1.82, 2.24) is 0 Å². The Balaban J connectivity index is 0.000000307. The van der Waals surface area contributed by atoms with E-state index in [1.165, 1.54) is 12.1 Å². The van der Waals surface area contributed by atoms with Gasteiger partial charge in [0.2, 0.25) is 0 Å². The minimum atomic E-state index is -1.13. The van der Waals surface area contributed by atoms with Gasteiger partial charge in [-0.1, -0.05) is 91.5 Å². The molecule has 11 heteroatoms. The number of hydrogen-bond donors (Lipinski definition) is 3. The number of phenols is 1. The van der Waals surface area contributed by atoms with E-state index in [1.807, 2.05) is 36.4 Å². The number of ether oxygens (including phenoxy) is 2. The molecule has 0 aromatic heterocycles. The number of benzene rings is 4. The molecule has 0 radical (unpaired) electrons. The van der Waals surface area contributed by atoms with Crippen molar-refractivity contribution in [2.24, 2.45) is 0 Å². The lowest BCUT2D eigenvalue weighted by Gasteiger charge is -2.16. The summed E-state index contributed by atoms with van der Waals surface area (Å²) in [5.74, 6) is -2.01. The van der Waals surface area contributed by atoms with Gasteiger partial charge < -0.3 is 24.8 Å². The minimum absolute atomic E-state index is 0.0180. The van der Waals surface area contributed by atoms with Crippen LogP contribution < -0.4 is 9.47 Å². The molecule has 0 amide bonds. The van der Waals surface area contributed by atoms with Gasteiger partial charge in [-0.15, -0.1) is 0 Å². The molecule has 0 fully saturated rings. The van der Waals surface area contributed by atoms with Crippen LogP contribution in [0.5, 0.6) is 17.2 Å². The molecular weight excluding hydrogens is 691 g/mol. The highest BCUT2D eigenvalue weighted by molar-refractivity contribution is 9.10. The summed E-state index contributed by atoms with van der Waals surface area (Å²) in [5.41, 5.74) is 1.96. The standard InChI is InChI=1S/C21H15BrCl2O4.C8H7BrO3/c22-15-9-16(21(25)26)20(28-12-14-6-2-4-8-18(14)24)19(10-15)27-11-13-5-1-3-7-17(13)23;1-4-2-5(9)3-6(7(4)10)8(11)12/h1-10H,11-12H2,(H,25,26);2-3,10H,1H3,(H,11,12). The molecule has 3 N–H and O–H groups in total. The number of aromatic carboxylic acids is 2. The number of carboxylic acids is 2. The van der Waals surface area contributed by atoms with Gasteiger partial charge in [-0.3, -0.25) is 0 Å². The van der Waals surface area contributed by atoms with E-state index < -0.39 is 11.9 Å². The predicted molar refractivity (Wildman–Crippen MR) is 160 cm³/mol. The fourth-order valence-electron chi connectivity index (χ4n) is 3.42. The predicted octanol–water partition coefficient (Wildman–Crippen LogP) is 8.77. The molecule has 0 saturated heterocycles. The highest BCUT2D eigenvalue weighted by atomic mass is 79.9. The van der Waals surface area contributed by atoms with Crippen LogP contribution in [0.15, 0.2) is 81.7 Å². The van der Waals surface area contributed by atoms with Crippen LogP contribution in [0.4, 0.5) is 0 Å². The molecule has 4 aromatic carbocycles. The smallest absolute Gasteiger partial charge is 0.339 e. The Kier molecular flexibility index (Phi) is 11.3. The van der Waals surface area contributed by atoms with Gasteiger partial charge in [0.25, 0.3) is 0 Å². The van der Waals surface area contributed by atoms with Gasteiger partial charge >= 0.3 is 11.9 Å². The summed E-state index contributed by atoms with van der Waals surface area (Å²) in [4.78, 5) is 22.3. The summed E-state index contributed by atoms with van der Waals surface area (Å²) in [6.07, 6.45) is 0. The number of hydrogen-bond acceptors (Lipinski definition) is 5. The van der Waals surface area contributed by atoms with Crippen LogP contribution in [-0.4, -0.2) is 27.3 Å². The lowest BCUT2D eigenvalue weighted by atomic mass is 10.1.